The molecule has 10 heteroatoms. The molecule has 142 valence electrons. The van der Waals surface area contributed by atoms with E-state index in [-0.39, 0.29) is 22.7 Å². The molecule has 2 unspecified atom stereocenters. The summed E-state index contributed by atoms with van der Waals surface area (Å²) >= 11 is 0. The molecule has 1 aliphatic heterocycles. The lowest BCUT2D eigenvalue weighted by Gasteiger charge is -2.30. The van der Waals surface area contributed by atoms with Crippen LogP contribution in [-0.2, 0) is 20.0 Å². The van der Waals surface area contributed by atoms with Crippen molar-refractivity contribution in [2.24, 2.45) is 0 Å². The maximum absolute atomic E-state index is 14.2. The Bertz CT molecular complexity index is 825. The van der Waals surface area contributed by atoms with Crippen molar-refractivity contribution in [3.63, 3.8) is 0 Å². The third kappa shape index (κ3) is 4.90. The zero-order valence-corrected chi connectivity index (χ0v) is 16.0. The average molecular weight is 394 g/mol. The first-order valence-corrected chi connectivity index (χ1v) is 11.1. The van der Waals surface area contributed by atoms with Crippen molar-refractivity contribution in [3.05, 3.63) is 24.0 Å². The van der Waals surface area contributed by atoms with Gasteiger partial charge >= 0.3 is 0 Å². The Kier molecular flexibility index (Phi) is 6.08. The number of rotatable bonds is 6. The molecular formula is C15H24FN3O4S2. The Balaban J connectivity index is 2.21. The second-order valence-electron chi connectivity index (χ2n) is 6.45. The van der Waals surface area contributed by atoms with Gasteiger partial charge in [-0.05, 0) is 58.4 Å². The van der Waals surface area contributed by atoms with Gasteiger partial charge in [-0.1, -0.05) is 0 Å². The minimum Gasteiger partial charge on any atom is -0.313 e. The molecule has 1 fully saturated rings. The number of anilines is 1. The minimum atomic E-state index is -3.90. The fourth-order valence-corrected chi connectivity index (χ4v) is 4.56. The van der Waals surface area contributed by atoms with E-state index >= 15 is 0 Å². The zero-order valence-electron chi connectivity index (χ0n) is 14.4. The smallest absolute Gasteiger partial charge is 0.240 e. The largest absolute Gasteiger partial charge is 0.313 e. The Morgan fingerprint density at radius 3 is 2.48 bits per heavy atom. The fourth-order valence-electron chi connectivity index (χ4n) is 2.49. The second kappa shape index (κ2) is 7.56. The van der Waals surface area contributed by atoms with E-state index in [0.29, 0.717) is 6.42 Å². The predicted molar refractivity (Wildman–Crippen MR) is 94.9 cm³/mol. The van der Waals surface area contributed by atoms with Crippen LogP contribution in [0.25, 0.3) is 0 Å². The number of nitrogens with one attached hydrogen (secondary N) is 3. The molecule has 0 radical (unpaired) electrons. The van der Waals surface area contributed by atoms with E-state index in [4.69, 9.17) is 0 Å². The van der Waals surface area contributed by atoms with Crippen LogP contribution in [0.3, 0.4) is 0 Å². The maximum atomic E-state index is 14.2. The van der Waals surface area contributed by atoms with E-state index in [1.54, 1.807) is 0 Å². The van der Waals surface area contributed by atoms with Crippen LogP contribution in [0.4, 0.5) is 10.1 Å². The van der Waals surface area contributed by atoms with E-state index in [1.165, 1.54) is 19.9 Å². The molecule has 0 spiro atoms. The summed E-state index contributed by atoms with van der Waals surface area (Å²) in [5.41, 5.74) is -0.277. The highest BCUT2D eigenvalue weighted by molar-refractivity contribution is 7.93. The van der Waals surface area contributed by atoms with Crippen LogP contribution in [-0.4, -0.2) is 40.7 Å². The van der Waals surface area contributed by atoms with Crippen LogP contribution in [0, 0.1) is 5.82 Å². The Labute approximate surface area is 148 Å². The summed E-state index contributed by atoms with van der Waals surface area (Å²) in [5, 5.41) is 2.45. The molecule has 25 heavy (non-hydrogen) atoms. The minimum absolute atomic E-state index is 0.0227. The topological polar surface area (TPSA) is 104 Å². The van der Waals surface area contributed by atoms with Gasteiger partial charge in [0.15, 0.2) is 0 Å². The van der Waals surface area contributed by atoms with E-state index in [0.717, 1.165) is 25.1 Å². The van der Waals surface area contributed by atoms with Crippen LogP contribution in [0.1, 0.15) is 33.6 Å². The van der Waals surface area contributed by atoms with Crippen molar-refractivity contribution < 1.29 is 21.2 Å². The van der Waals surface area contributed by atoms with Crippen molar-refractivity contribution in [1.29, 1.82) is 0 Å². The lowest BCUT2D eigenvalue weighted by Crippen LogP contribution is -2.51. The van der Waals surface area contributed by atoms with Crippen LogP contribution >= 0.6 is 0 Å². The Morgan fingerprint density at radius 2 is 1.92 bits per heavy atom. The number of halogens is 1. The van der Waals surface area contributed by atoms with E-state index in [9.17, 15) is 21.2 Å². The van der Waals surface area contributed by atoms with Gasteiger partial charge in [0, 0.05) is 12.1 Å². The molecule has 0 saturated carbocycles. The number of benzene rings is 1. The molecule has 0 amide bonds. The highest BCUT2D eigenvalue weighted by Gasteiger charge is 2.27. The average Bonchev–Trinajstić information content (AvgIpc) is 2.51. The number of piperidine rings is 1. The normalized spacial score (nSPS) is 22.1. The maximum Gasteiger partial charge on any atom is 0.240 e. The SMILES string of the molecule is CC1NCCCC1NS(=O)(=O)c1ccc(NS(=O)(=O)C(C)C)c(F)c1. The molecule has 1 aromatic rings. The predicted octanol–water partition coefficient (Wildman–Crippen LogP) is 1.39. The number of hydrogen-bond donors (Lipinski definition) is 3. The Hall–Kier alpha value is -1.23. The molecule has 1 saturated heterocycles. The summed E-state index contributed by atoms with van der Waals surface area (Å²) in [6.45, 7) is 5.64. The van der Waals surface area contributed by atoms with Crippen molar-refractivity contribution in [2.45, 2.75) is 55.8 Å². The van der Waals surface area contributed by atoms with Gasteiger partial charge in [0.2, 0.25) is 20.0 Å². The van der Waals surface area contributed by atoms with Crippen LogP contribution < -0.4 is 14.8 Å². The van der Waals surface area contributed by atoms with Crippen molar-refractivity contribution in [3.8, 4) is 0 Å². The third-order valence-electron chi connectivity index (χ3n) is 4.19. The summed E-state index contributed by atoms with van der Waals surface area (Å²) in [6.07, 6.45) is 1.55. The molecule has 2 rings (SSSR count). The molecular weight excluding hydrogens is 369 g/mol. The van der Waals surface area contributed by atoms with Gasteiger partial charge in [0.1, 0.15) is 5.82 Å². The van der Waals surface area contributed by atoms with Gasteiger partial charge in [0.05, 0.1) is 15.8 Å². The summed E-state index contributed by atoms with van der Waals surface area (Å²) < 4.78 is 67.5. The van der Waals surface area contributed by atoms with Gasteiger partial charge in [-0.15, -0.1) is 0 Å². The van der Waals surface area contributed by atoms with Crippen molar-refractivity contribution >= 4 is 25.7 Å². The lowest BCUT2D eigenvalue weighted by atomic mass is 10.0. The van der Waals surface area contributed by atoms with E-state index < -0.39 is 31.1 Å². The molecule has 1 aliphatic rings. The van der Waals surface area contributed by atoms with Crippen LogP contribution in [0.2, 0.25) is 0 Å². The first-order valence-electron chi connectivity index (χ1n) is 8.10. The monoisotopic (exact) mass is 393 g/mol. The third-order valence-corrected chi connectivity index (χ3v) is 7.43. The molecule has 0 bridgehead atoms. The first kappa shape index (κ1) is 20.1. The highest BCUT2D eigenvalue weighted by Crippen LogP contribution is 2.22. The molecule has 1 aromatic carbocycles. The summed E-state index contributed by atoms with van der Waals surface area (Å²) in [5.74, 6) is -0.943. The molecule has 3 N–H and O–H groups in total. The molecule has 0 aliphatic carbocycles. The van der Waals surface area contributed by atoms with Crippen LogP contribution in [0.5, 0.6) is 0 Å². The molecule has 1 heterocycles. The fraction of sp³-hybridized carbons (Fsp3) is 0.600. The van der Waals surface area contributed by atoms with E-state index in [2.05, 4.69) is 14.8 Å². The summed E-state index contributed by atoms with van der Waals surface area (Å²) in [4.78, 5) is -0.240. The summed E-state index contributed by atoms with van der Waals surface area (Å²) in [7, 11) is -7.61. The summed E-state index contributed by atoms with van der Waals surface area (Å²) in [6, 6.07) is 2.82. The zero-order chi connectivity index (χ0) is 18.8. The molecule has 0 aromatic heterocycles. The van der Waals surface area contributed by atoms with Gasteiger partial charge < -0.3 is 5.32 Å². The quantitative estimate of drug-likeness (QED) is 0.678. The lowest BCUT2D eigenvalue weighted by molar-refractivity contribution is 0.349. The number of hydrogen-bond acceptors (Lipinski definition) is 5. The van der Waals surface area contributed by atoms with Crippen LogP contribution in [0.15, 0.2) is 23.1 Å². The van der Waals surface area contributed by atoms with Gasteiger partial charge in [-0.25, -0.2) is 25.9 Å². The highest BCUT2D eigenvalue weighted by atomic mass is 32.2. The van der Waals surface area contributed by atoms with Gasteiger partial charge in [-0.2, -0.15) is 0 Å². The van der Waals surface area contributed by atoms with Crippen molar-refractivity contribution in [2.75, 3.05) is 11.3 Å². The van der Waals surface area contributed by atoms with Gasteiger partial charge in [-0.3, -0.25) is 4.72 Å². The molecule has 2 atom stereocenters. The first-order chi connectivity index (χ1) is 11.5. The Morgan fingerprint density at radius 1 is 1.24 bits per heavy atom. The van der Waals surface area contributed by atoms with Crippen molar-refractivity contribution in [1.82, 2.24) is 10.0 Å². The standard InChI is InChI=1S/C15H24FN3O4S2/c1-10(2)24(20,21)19-15-7-6-12(9-13(15)16)25(22,23)18-14-5-4-8-17-11(14)3/h6-7,9-11,14,17-19H,4-5,8H2,1-3H3. The van der Waals surface area contributed by atoms with Gasteiger partial charge in [0.25, 0.3) is 0 Å². The second-order valence-corrected chi connectivity index (χ2v) is 10.4. The van der Waals surface area contributed by atoms with E-state index in [1.807, 2.05) is 6.92 Å². The number of sulfonamides is 2. The molecule has 7 nitrogen and oxygen atoms in total.